The van der Waals surface area contributed by atoms with Crippen LogP contribution in [0.15, 0.2) is 112 Å². The summed E-state index contributed by atoms with van der Waals surface area (Å²) in [5.74, 6) is -3.61. The van der Waals surface area contributed by atoms with Crippen LogP contribution in [0.25, 0.3) is 54.6 Å². The minimum absolute atomic E-state index is 0.0756. The molecule has 12 nitrogen and oxygen atoms in total. The molecule has 2 aliphatic rings. The molecule has 1 aromatic heterocycles. The van der Waals surface area contributed by atoms with Gasteiger partial charge in [-0.15, -0.1) is 0 Å². The number of fused-ring (bicyclic) bond motifs is 12. The number of rotatable bonds is 12. The zero-order valence-electron chi connectivity index (χ0n) is 38.5. The number of carboxylic acids is 3. The van der Waals surface area contributed by atoms with Crippen molar-refractivity contribution in [2.45, 2.75) is 75.5 Å². The fourth-order valence-corrected chi connectivity index (χ4v) is 12.1. The largest absolute Gasteiger partial charge is 0.744 e. The Morgan fingerprint density at radius 3 is 1.60 bits per heavy atom. The maximum absolute atomic E-state index is 13.6. The van der Waals surface area contributed by atoms with Crippen molar-refractivity contribution in [3.05, 3.63) is 141 Å². The number of unbranched alkanes of at least 4 members (excludes halogenated alkanes) is 2. The van der Waals surface area contributed by atoms with Crippen molar-refractivity contribution < 1.29 is 47.1 Å². The maximum Gasteiger partial charge on any atom is 0.367 e. The Bertz CT molecular complexity index is 3690. The maximum atomic E-state index is 13.6. The van der Waals surface area contributed by atoms with E-state index in [1.807, 2.05) is 48.5 Å². The van der Waals surface area contributed by atoms with E-state index >= 15 is 0 Å². The van der Waals surface area contributed by atoms with Crippen LogP contribution in [0.5, 0.6) is 0 Å². The van der Waals surface area contributed by atoms with Crippen LogP contribution in [0.3, 0.4) is 0 Å². The molecule has 0 radical (unpaired) electrons. The Kier molecular flexibility index (Phi) is 11.4. The number of nitrogens with zero attached hydrogens (tertiary/aromatic N) is 2. The second-order valence-electron chi connectivity index (χ2n) is 19.5. The summed E-state index contributed by atoms with van der Waals surface area (Å²) in [7, 11) is -4.73. The van der Waals surface area contributed by atoms with Crippen molar-refractivity contribution in [3.8, 4) is 11.1 Å². The molecule has 2 aliphatic heterocycles. The van der Waals surface area contributed by atoms with E-state index < -0.39 is 38.9 Å². The van der Waals surface area contributed by atoms with E-state index in [4.69, 9.17) is 32.7 Å². The summed E-state index contributed by atoms with van der Waals surface area (Å²) in [6.45, 7) is 9.28. The Balaban J connectivity index is 1.35. The molecular weight excluding hydrogens is 952 g/mol. The predicted octanol–water partition coefficient (Wildman–Crippen LogP) is 13.5. The number of hydrogen-bond acceptors (Lipinski definition) is 8. The fourth-order valence-electron chi connectivity index (χ4n) is 11.0. The van der Waals surface area contributed by atoms with E-state index in [2.05, 4.69) is 61.8 Å². The highest BCUT2D eigenvalue weighted by molar-refractivity contribution is 7.85. The topological polar surface area (TPSA) is 187 Å². The smallest absolute Gasteiger partial charge is 0.367 e. The number of carbonyl (C=O) groups is 3. The summed E-state index contributed by atoms with van der Waals surface area (Å²) in [5.41, 5.74) is 4.93. The Morgan fingerprint density at radius 1 is 0.657 bits per heavy atom. The van der Waals surface area contributed by atoms with E-state index in [9.17, 15) is 37.6 Å². The van der Waals surface area contributed by atoms with Crippen molar-refractivity contribution in [2.75, 3.05) is 22.9 Å². The zero-order chi connectivity index (χ0) is 49.8. The van der Waals surface area contributed by atoms with Crippen LogP contribution in [-0.4, -0.2) is 59.3 Å². The average Bonchev–Trinajstić information content (AvgIpc) is 3.77. The molecule has 0 spiro atoms. The van der Waals surface area contributed by atoms with Gasteiger partial charge in [-0.3, -0.25) is 4.79 Å². The monoisotopic (exact) mass is 996 g/mol. The molecule has 70 heavy (non-hydrogen) atoms. The normalized spacial score (nSPS) is 15.0. The molecular formula is C55H46Cl2N2O10S. The van der Waals surface area contributed by atoms with Gasteiger partial charge in [0.15, 0.2) is 0 Å². The second-order valence-corrected chi connectivity index (χ2v) is 21.7. The first-order valence-corrected chi connectivity index (χ1v) is 25.0. The molecule has 0 bridgehead atoms. The third kappa shape index (κ3) is 7.58. The molecule has 356 valence electrons. The van der Waals surface area contributed by atoms with E-state index in [1.54, 1.807) is 12.1 Å². The van der Waals surface area contributed by atoms with Crippen molar-refractivity contribution in [3.63, 3.8) is 0 Å². The molecule has 0 saturated heterocycles. The van der Waals surface area contributed by atoms with E-state index in [-0.39, 0.29) is 38.1 Å². The summed E-state index contributed by atoms with van der Waals surface area (Å²) >= 11 is 14.2. The molecule has 8 aromatic rings. The highest BCUT2D eigenvalue weighted by Gasteiger charge is 2.49. The molecule has 3 N–H and O–H groups in total. The van der Waals surface area contributed by atoms with Gasteiger partial charge in [0.25, 0.3) is 0 Å². The summed E-state index contributed by atoms with van der Waals surface area (Å²) in [5, 5.41) is 34.1. The lowest BCUT2D eigenvalue weighted by Crippen LogP contribution is -2.25. The van der Waals surface area contributed by atoms with Gasteiger partial charge < -0.3 is 29.7 Å². The number of aromatic carboxylic acids is 2. The van der Waals surface area contributed by atoms with Gasteiger partial charge in [0, 0.05) is 74.4 Å². The first kappa shape index (κ1) is 46.9. The van der Waals surface area contributed by atoms with Crippen LogP contribution in [0.2, 0.25) is 10.0 Å². The molecule has 0 atom stereocenters. The van der Waals surface area contributed by atoms with Gasteiger partial charge in [-0.05, 0) is 67.3 Å². The minimum Gasteiger partial charge on any atom is -0.744 e. The van der Waals surface area contributed by atoms with Gasteiger partial charge in [-0.2, -0.15) is 0 Å². The number of carboxylic acid groups (broad SMARTS) is 3. The molecule has 0 unspecified atom stereocenters. The highest BCUT2D eigenvalue weighted by Crippen LogP contribution is 2.60. The number of aryl methyl sites for hydroxylation is 1. The van der Waals surface area contributed by atoms with Crippen LogP contribution >= 0.6 is 23.2 Å². The first-order valence-electron chi connectivity index (χ1n) is 22.8. The number of hydrogen-bond donors (Lipinski definition) is 3. The molecule has 7 aromatic carbocycles. The van der Waals surface area contributed by atoms with Crippen molar-refractivity contribution in [1.82, 2.24) is 0 Å². The zero-order valence-corrected chi connectivity index (χ0v) is 40.9. The number of anilines is 4. The summed E-state index contributed by atoms with van der Waals surface area (Å²) in [6, 6.07) is 30.6. The van der Waals surface area contributed by atoms with Crippen molar-refractivity contribution in [2.24, 2.45) is 0 Å². The molecule has 0 fully saturated rings. The Morgan fingerprint density at radius 2 is 1.14 bits per heavy atom. The number of aliphatic carboxylic acids is 1. The quantitative estimate of drug-likeness (QED) is 0.0346. The molecule has 0 saturated carbocycles. The van der Waals surface area contributed by atoms with E-state index in [0.29, 0.717) is 63.5 Å². The van der Waals surface area contributed by atoms with Crippen molar-refractivity contribution in [1.29, 1.82) is 0 Å². The minimum atomic E-state index is -4.73. The van der Waals surface area contributed by atoms with Gasteiger partial charge in [0.2, 0.25) is 0 Å². The second kappa shape index (κ2) is 17.0. The van der Waals surface area contributed by atoms with Gasteiger partial charge >= 0.3 is 29.1 Å². The summed E-state index contributed by atoms with van der Waals surface area (Å²) in [4.78, 5) is 41.7. The van der Waals surface area contributed by atoms with Gasteiger partial charge in [-0.25, -0.2) is 22.4 Å². The van der Waals surface area contributed by atoms with Gasteiger partial charge in [0.05, 0.1) is 59.3 Å². The van der Waals surface area contributed by atoms with Crippen molar-refractivity contribution >= 4 is 117 Å². The van der Waals surface area contributed by atoms with Gasteiger partial charge in [0.1, 0.15) is 10.1 Å². The van der Waals surface area contributed by atoms with E-state index in [0.717, 1.165) is 69.9 Å². The lowest BCUT2D eigenvalue weighted by Gasteiger charge is -2.23. The lowest BCUT2D eigenvalue weighted by molar-refractivity contribution is -0.137. The van der Waals surface area contributed by atoms with Crippen LogP contribution in [0.1, 0.15) is 90.8 Å². The van der Waals surface area contributed by atoms with Crippen LogP contribution in [-0.2, 0) is 32.2 Å². The molecule has 0 amide bonds. The standard InChI is InChI=1S/C55H46Cl2N2O10S/c1-54(2)27-58(30-20-18-29(19-21-30)12-6-5-7-17-39(60)61)48-35-15-10-8-13-33(35)40-43(44-42(53(64)65)38(56)26-37(47(44)57)52(62)63)41-34-14-9-11-16-36(34)49-46(51(41)69-50(40)45(48)54)55(3,4)28-59(49)31-22-24-32(25-23-31)70(66,67)68/h8-11,13-16,18-26H,5-7,12,17,27-28H2,1-4H3,(H3-,60,61,62,63,64,65,66,67,68). The third-order valence-corrected chi connectivity index (χ3v) is 15.5. The predicted molar refractivity (Wildman–Crippen MR) is 273 cm³/mol. The molecule has 0 aliphatic carbocycles. The first-order chi connectivity index (χ1) is 33.2. The Labute approximate surface area is 413 Å². The SMILES string of the molecule is CC1(C)CN(c2ccc(CCCCCC(=O)O)cc2)c2c1c1[o+]c3c4c(c5ccccc5c3c(-c3c(Cl)c(C(=O)O)cc(Cl)c3C(=O)O)c1c1ccccc21)N(c1ccc(S(=O)(=O)[O-])cc1)CC4(C)C. The highest BCUT2D eigenvalue weighted by atomic mass is 35.5. The van der Waals surface area contributed by atoms with Crippen LogP contribution in [0.4, 0.5) is 22.7 Å². The van der Waals surface area contributed by atoms with Crippen LogP contribution in [0, 0.1) is 0 Å². The Hall–Kier alpha value is -6.77. The fraction of sp³-hybridized carbons (Fsp3) is 0.236. The summed E-state index contributed by atoms with van der Waals surface area (Å²) in [6.07, 6.45) is 3.25. The molecule has 3 heterocycles. The molecule has 15 heteroatoms. The van der Waals surface area contributed by atoms with E-state index in [1.165, 1.54) is 12.1 Å². The lowest BCUT2D eigenvalue weighted by atomic mass is 9.79. The van der Waals surface area contributed by atoms with Gasteiger partial charge in [-0.1, -0.05) is 118 Å². The third-order valence-electron chi connectivity index (χ3n) is 13.9. The molecule has 10 rings (SSSR count). The number of halogens is 2. The summed E-state index contributed by atoms with van der Waals surface area (Å²) < 4.78 is 43.7. The van der Waals surface area contributed by atoms with Crippen LogP contribution < -0.4 is 9.80 Å². The average molecular weight is 998 g/mol. The number of benzene rings is 7.